The quantitative estimate of drug-likeness (QED) is 0.250. The summed E-state index contributed by atoms with van der Waals surface area (Å²) in [5, 5.41) is 34.2. The van der Waals surface area contributed by atoms with E-state index in [1.54, 1.807) is 6.07 Å². The second kappa shape index (κ2) is 10.0. The zero-order valence-electron chi connectivity index (χ0n) is 17.8. The van der Waals surface area contributed by atoms with E-state index in [4.69, 9.17) is 16.1 Å². The molecule has 0 aliphatic carbocycles. The highest BCUT2D eigenvalue weighted by molar-refractivity contribution is 6.33. The normalized spacial score (nSPS) is 10.7. The van der Waals surface area contributed by atoms with Crippen LogP contribution in [0.25, 0.3) is 11.4 Å². The first-order chi connectivity index (χ1) is 16.1. The number of hydrogen-bond donors (Lipinski definition) is 2. The van der Waals surface area contributed by atoms with Crippen LogP contribution < -0.4 is 10.6 Å². The van der Waals surface area contributed by atoms with Crippen molar-refractivity contribution in [3.05, 3.63) is 60.6 Å². The predicted octanol–water partition coefficient (Wildman–Crippen LogP) is 1.57. The average Bonchev–Trinajstić information content (AvgIpc) is 3.38. The maximum absolute atomic E-state index is 12.2. The van der Waals surface area contributed by atoms with E-state index < -0.39 is 27.5 Å². The summed E-state index contributed by atoms with van der Waals surface area (Å²) in [6.07, 6.45) is 0. The van der Waals surface area contributed by atoms with Crippen LogP contribution in [0.4, 0.5) is 11.5 Å². The molecule has 3 aromatic rings. The fraction of sp³-hybridized carbons (Fsp3) is 0.278. The molecule has 2 N–H and O–H groups in total. The van der Waals surface area contributed by atoms with Gasteiger partial charge in [0.25, 0.3) is 5.69 Å². The number of amides is 2. The van der Waals surface area contributed by atoms with Crippen LogP contribution in [0.3, 0.4) is 0 Å². The minimum atomic E-state index is -0.747. The smallest absolute Gasteiger partial charge is 0.358 e. The van der Waals surface area contributed by atoms with Gasteiger partial charge in [-0.1, -0.05) is 28.9 Å². The zero-order valence-corrected chi connectivity index (χ0v) is 18.5. The molecule has 0 radical (unpaired) electrons. The van der Waals surface area contributed by atoms with Crippen molar-refractivity contribution >= 4 is 34.9 Å². The highest BCUT2D eigenvalue weighted by Gasteiger charge is 2.25. The molecule has 0 atom stereocenters. The van der Waals surface area contributed by atoms with Gasteiger partial charge in [0.2, 0.25) is 11.7 Å². The highest BCUT2D eigenvalue weighted by Crippen LogP contribution is 2.28. The van der Waals surface area contributed by atoms with E-state index in [0.717, 1.165) is 4.68 Å². The molecule has 15 nitrogen and oxygen atoms in total. The van der Waals surface area contributed by atoms with E-state index in [9.17, 15) is 29.8 Å². The molecule has 1 aromatic carbocycles. The van der Waals surface area contributed by atoms with Gasteiger partial charge in [0, 0.05) is 30.3 Å². The van der Waals surface area contributed by atoms with Gasteiger partial charge in [-0.3, -0.25) is 19.7 Å². The summed E-state index contributed by atoms with van der Waals surface area (Å²) in [6.45, 7) is 2.76. The maximum atomic E-state index is 12.2. The molecular weight excluding hydrogens is 476 g/mol. The van der Waals surface area contributed by atoms with Crippen LogP contribution in [0, 0.1) is 34.1 Å². The molecule has 3 rings (SSSR count). The van der Waals surface area contributed by atoms with E-state index >= 15 is 0 Å². The van der Waals surface area contributed by atoms with Gasteiger partial charge < -0.3 is 25.3 Å². The molecule has 0 saturated heterocycles. The Hall–Kier alpha value is -4.40. The van der Waals surface area contributed by atoms with Crippen molar-refractivity contribution in [1.29, 1.82) is 0 Å². The first-order valence-electron chi connectivity index (χ1n) is 9.60. The fourth-order valence-electron chi connectivity index (χ4n) is 2.91. The van der Waals surface area contributed by atoms with E-state index in [1.165, 1.54) is 26.0 Å². The monoisotopic (exact) mass is 492 g/mol. The second-order valence-electron chi connectivity index (χ2n) is 6.87. The summed E-state index contributed by atoms with van der Waals surface area (Å²) >= 11 is 5.83. The molecule has 0 saturated carbocycles. The SMILES string of the molecule is Cc1c(-c2noc(C(=O)NCCNC(=O)Cn3nc([N+](=O)[O-])c(Cl)c3C)n2)cccc1[N+](=O)[O-]. The standard InChI is InChI=1S/C18H17ClN8O7/c1-9-11(4-3-5-12(9)26(30)31)15-22-18(34-24-15)17(29)21-7-6-20-13(28)8-25-10(2)14(19)16(23-25)27(32)33/h3-5H,6-8H2,1-2H3,(H,20,28)(H,21,29). The number of nitro benzene ring substituents is 1. The Labute approximate surface area is 195 Å². The summed E-state index contributed by atoms with van der Waals surface area (Å²) in [5.74, 6) is -2.10. The van der Waals surface area contributed by atoms with Crippen LogP contribution in [0.2, 0.25) is 5.02 Å². The van der Waals surface area contributed by atoms with Crippen molar-refractivity contribution in [2.45, 2.75) is 20.4 Å². The summed E-state index contributed by atoms with van der Waals surface area (Å²) < 4.78 is 6.03. The minimum Gasteiger partial charge on any atom is -0.358 e. The number of halogens is 1. The molecule has 0 bridgehead atoms. The first-order valence-corrected chi connectivity index (χ1v) is 9.98. The number of hydrogen-bond acceptors (Lipinski definition) is 10. The van der Waals surface area contributed by atoms with Crippen LogP contribution >= 0.6 is 11.6 Å². The topological polar surface area (TPSA) is 201 Å². The molecule has 34 heavy (non-hydrogen) atoms. The number of carbonyl (C=O) groups is 2. The van der Waals surface area contributed by atoms with Crippen LogP contribution in [0.5, 0.6) is 0 Å². The molecule has 16 heteroatoms. The third-order valence-corrected chi connectivity index (χ3v) is 5.12. The van der Waals surface area contributed by atoms with Gasteiger partial charge in [0.05, 0.1) is 15.7 Å². The summed E-state index contributed by atoms with van der Waals surface area (Å²) in [6, 6.07) is 4.37. The lowest BCUT2D eigenvalue weighted by atomic mass is 10.1. The minimum absolute atomic E-state index is 0.0110. The zero-order chi connectivity index (χ0) is 25.0. The summed E-state index contributed by atoms with van der Waals surface area (Å²) in [5.41, 5.74) is 0.815. The average molecular weight is 493 g/mol. The van der Waals surface area contributed by atoms with Crippen LogP contribution in [0.1, 0.15) is 21.9 Å². The Bertz CT molecular complexity index is 1290. The van der Waals surface area contributed by atoms with E-state index in [2.05, 4.69) is 25.9 Å². The number of aromatic nitrogens is 4. The number of carbonyl (C=O) groups excluding carboxylic acids is 2. The molecule has 0 spiro atoms. The molecule has 2 heterocycles. The van der Waals surface area contributed by atoms with E-state index in [0.29, 0.717) is 11.1 Å². The number of nitrogens with zero attached hydrogens (tertiary/aromatic N) is 6. The highest BCUT2D eigenvalue weighted by atomic mass is 35.5. The molecule has 0 fully saturated rings. The van der Waals surface area contributed by atoms with Gasteiger partial charge in [0.15, 0.2) is 5.02 Å². The summed E-state index contributed by atoms with van der Waals surface area (Å²) in [4.78, 5) is 48.9. The molecule has 2 amide bonds. The van der Waals surface area contributed by atoms with Crippen molar-refractivity contribution in [2.24, 2.45) is 0 Å². The number of nitrogens with one attached hydrogen (secondary N) is 2. The van der Waals surface area contributed by atoms with Crippen molar-refractivity contribution in [3.63, 3.8) is 0 Å². The molecule has 0 unspecified atom stereocenters. The summed E-state index contributed by atoms with van der Waals surface area (Å²) in [7, 11) is 0. The Kier molecular flexibility index (Phi) is 7.15. The number of nitro groups is 2. The first kappa shape index (κ1) is 24.2. The van der Waals surface area contributed by atoms with Crippen molar-refractivity contribution in [2.75, 3.05) is 13.1 Å². The Morgan fingerprint density at radius 1 is 1.15 bits per heavy atom. The lowest BCUT2D eigenvalue weighted by Crippen LogP contribution is -2.36. The van der Waals surface area contributed by atoms with Crippen LogP contribution in [-0.4, -0.2) is 54.7 Å². The van der Waals surface area contributed by atoms with E-state index in [1.807, 2.05) is 0 Å². The molecule has 0 aliphatic heterocycles. The Morgan fingerprint density at radius 2 is 1.85 bits per heavy atom. The number of benzene rings is 1. The van der Waals surface area contributed by atoms with Gasteiger partial charge in [-0.2, -0.15) is 9.67 Å². The van der Waals surface area contributed by atoms with Crippen molar-refractivity contribution < 1.29 is 24.0 Å². The van der Waals surface area contributed by atoms with Crippen LogP contribution in [-0.2, 0) is 11.3 Å². The van der Waals surface area contributed by atoms with Crippen molar-refractivity contribution in [1.82, 2.24) is 30.6 Å². The van der Waals surface area contributed by atoms with Gasteiger partial charge in [-0.25, -0.2) is 0 Å². The third kappa shape index (κ3) is 5.15. The lowest BCUT2D eigenvalue weighted by molar-refractivity contribution is -0.389. The largest absolute Gasteiger partial charge is 0.408 e. The predicted molar refractivity (Wildman–Crippen MR) is 115 cm³/mol. The Morgan fingerprint density at radius 3 is 2.50 bits per heavy atom. The fourth-order valence-corrected chi connectivity index (χ4v) is 3.12. The van der Waals surface area contributed by atoms with Gasteiger partial charge in [-0.05, 0) is 18.8 Å². The Balaban J connectivity index is 1.52. The van der Waals surface area contributed by atoms with E-state index in [-0.39, 0.29) is 47.8 Å². The molecule has 0 aliphatic rings. The van der Waals surface area contributed by atoms with Crippen molar-refractivity contribution in [3.8, 4) is 11.4 Å². The van der Waals surface area contributed by atoms with Gasteiger partial charge in [-0.15, -0.1) is 0 Å². The van der Waals surface area contributed by atoms with Gasteiger partial charge in [0.1, 0.15) is 6.54 Å². The maximum Gasteiger partial charge on any atom is 0.408 e. The molecule has 178 valence electrons. The molecule has 2 aromatic heterocycles. The second-order valence-corrected chi connectivity index (χ2v) is 7.25. The van der Waals surface area contributed by atoms with Gasteiger partial charge >= 0.3 is 17.6 Å². The third-order valence-electron chi connectivity index (χ3n) is 4.68. The lowest BCUT2D eigenvalue weighted by Gasteiger charge is -2.05. The molecular formula is C18H17ClN8O7. The number of rotatable bonds is 9. The van der Waals surface area contributed by atoms with Crippen LogP contribution in [0.15, 0.2) is 22.7 Å².